The SMILES string of the molecule is CNC(=O)C1CCCCN1C(=O)C1CCCCCN1. The van der Waals surface area contributed by atoms with Crippen LogP contribution in [-0.4, -0.2) is 48.9 Å². The van der Waals surface area contributed by atoms with E-state index < -0.39 is 0 Å². The lowest BCUT2D eigenvalue weighted by Crippen LogP contribution is -2.56. The molecule has 2 aliphatic rings. The molecule has 0 radical (unpaired) electrons. The Morgan fingerprint density at radius 1 is 1.11 bits per heavy atom. The summed E-state index contributed by atoms with van der Waals surface area (Å²) in [6, 6.07) is -0.357. The largest absolute Gasteiger partial charge is 0.357 e. The van der Waals surface area contributed by atoms with Gasteiger partial charge < -0.3 is 15.5 Å². The average Bonchev–Trinajstić information content (AvgIpc) is 2.74. The standard InChI is InChI=1S/C14H25N3O2/c1-15-13(18)12-8-4-6-10-17(12)14(19)11-7-3-2-5-9-16-11/h11-12,16H,2-10H2,1H3,(H,15,18). The average molecular weight is 267 g/mol. The first kappa shape index (κ1) is 14.3. The molecule has 0 spiro atoms. The van der Waals surface area contributed by atoms with Crippen LogP contribution in [0.3, 0.4) is 0 Å². The molecule has 0 aliphatic carbocycles. The van der Waals surface area contributed by atoms with Gasteiger partial charge in [-0.3, -0.25) is 9.59 Å². The van der Waals surface area contributed by atoms with E-state index in [9.17, 15) is 9.59 Å². The van der Waals surface area contributed by atoms with Gasteiger partial charge in [0.2, 0.25) is 11.8 Å². The Kier molecular flexibility index (Phi) is 5.19. The normalized spacial score (nSPS) is 28.6. The monoisotopic (exact) mass is 267 g/mol. The zero-order valence-corrected chi connectivity index (χ0v) is 11.8. The van der Waals surface area contributed by atoms with Crippen molar-refractivity contribution in [2.24, 2.45) is 0 Å². The molecule has 2 atom stereocenters. The Balaban J connectivity index is 2.03. The van der Waals surface area contributed by atoms with Crippen LogP contribution in [0.15, 0.2) is 0 Å². The van der Waals surface area contributed by atoms with Crippen LogP contribution in [0.1, 0.15) is 44.9 Å². The lowest BCUT2D eigenvalue weighted by atomic mass is 9.99. The summed E-state index contributed by atoms with van der Waals surface area (Å²) in [6.45, 7) is 1.63. The molecular weight excluding hydrogens is 242 g/mol. The van der Waals surface area contributed by atoms with E-state index >= 15 is 0 Å². The van der Waals surface area contributed by atoms with Gasteiger partial charge in [-0.15, -0.1) is 0 Å². The summed E-state index contributed by atoms with van der Waals surface area (Å²) in [4.78, 5) is 26.3. The van der Waals surface area contributed by atoms with Crippen molar-refractivity contribution in [3.05, 3.63) is 0 Å². The number of hydrogen-bond acceptors (Lipinski definition) is 3. The van der Waals surface area contributed by atoms with Gasteiger partial charge in [-0.25, -0.2) is 0 Å². The van der Waals surface area contributed by atoms with Gasteiger partial charge in [0.15, 0.2) is 0 Å². The Morgan fingerprint density at radius 2 is 1.89 bits per heavy atom. The summed E-state index contributed by atoms with van der Waals surface area (Å²) in [5.74, 6) is 0.0943. The highest BCUT2D eigenvalue weighted by molar-refractivity contribution is 5.89. The van der Waals surface area contributed by atoms with Crippen LogP contribution in [0.5, 0.6) is 0 Å². The molecule has 2 saturated heterocycles. The third kappa shape index (κ3) is 3.47. The Bertz CT molecular complexity index is 325. The summed E-state index contributed by atoms with van der Waals surface area (Å²) in [6.07, 6.45) is 7.15. The van der Waals surface area contributed by atoms with Gasteiger partial charge in [-0.1, -0.05) is 12.8 Å². The first-order valence-electron chi connectivity index (χ1n) is 7.49. The molecule has 2 unspecified atom stereocenters. The number of likely N-dealkylation sites (tertiary alicyclic amines) is 1. The van der Waals surface area contributed by atoms with Gasteiger partial charge in [-0.05, 0) is 38.6 Å². The van der Waals surface area contributed by atoms with Crippen LogP contribution in [0.25, 0.3) is 0 Å². The highest BCUT2D eigenvalue weighted by Gasteiger charge is 2.34. The molecule has 2 heterocycles. The highest BCUT2D eigenvalue weighted by Crippen LogP contribution is 2.20. The lowest BCUT2D eigenvalue weighted by molar-refractivity contribution is -0.143. The van der Waals surface area contributed by atoms with E-state index in [1.807, 2.05) is 0 Å². The van der Waals surface area contributed by atoms with Crippen LogP contribution in [0.2, 0.25) is 0 Å². The van der Waals surface area contributed by atoms with Gasteiger partial charge in [-0.2, -0.15) is 0 Å². The smallest absolute Gasteiger partial charge is 0.242 e. The molecule has 0 aromatic heterocycles. The maximum atomic E-state index is 12.6. The summed E-state index contributed by atoms with van der Waals surface area (Å²) in [5, 5.41) is 6.01. The Labute approximate surface area is 115 Å². The van der Waals surface area contributed by atoms with Crippen molar-refractivity contribution in [2.75, 3.05) is 20.1 Å². The van der Waals surface area contributed by atoms with Gasteiger partial charge in [0.05, 0.1) is 6.04 Å². The van der Waals surface area contributed by atoms with Crippen molar-refractivity contribution in [1.82, 2.24) is 15.5 Å². The van der Waals surface area contributed by atoms with Crippen LogP contribution in [0, 0.1) is 0 Å². The van der Waals surface area contributed by atoms with Crippen molar-refractivity contribution in [1.29, 1.82) is 0 Å². The van der Waals surface area contributed by atoms with E-state index in [1.54, 1.807) is 11.9 Å². The van der Waals surface area contributed by atoms with Crippen LogP contribution in [-0.2, 0) is 9.59 Å². The molecule has 2 aliphatic heterocycles. The van der Waals surface area contributed by atoms with Crippen molar-refractivity contribution < 1.29 is 9.59 Å². The second-order valence-corrected chi connectivity index (χ2v) is 5.51. The topological polar surface area (TPSA) is 61.4 Å². The quantitative estimate of drug-likeness (QED) is 0.772. The van der Waals surface area contributed by atoms with Crippen molar-refractivity contribution >= 4 is 11.8 Å². The fraction of sp³-hybridized carbons (Fsp3) is 0.857. The molecule has 2 amide bonds. The molecule has 2 rings (SSSR count). The van der Waals surface area contributed by atoms with E-state index in [-0.39, 0.29) is 23.9 Å². The van der Waals surface area contributed by atoms with E-state index in [2.05, 4.69) is 10.6 Å². The summed E-state index contributed by atoms with van der Waals surface area (Å²) in [5.41, 5.74) is 0. The number of carbonyl (C=O) groups excluding carboxylic acids is 2. The van der Waals surface area contributed by atoms with E-state index in [1.165, 1.54) is 6.42 Å². The second kappa shape index (κ2) is 6.89. The van der Waals surface area contributed by atoms with Crippen LogP contribution >= 0.6 is 0 Å². The second-order valence-electron chi connectivity index (χ2n) is 5.51. The molecule has 2 fully saturated rings. The van der Waals surface area contributed by atoms with E-state index in [0.717, 1.165) is 51.6 Å². The molecule has 0 saturated carbocycles. The molecule has 0 aromatic carbocycles. The maximum absolute atomic E-state index is 12.6. The predicted molar refractivity (Wildman–Crippen MR) is 73.7 cm³/mol. The van der Waals surface area contributed by atoms with Gasteiger partial charge in [0.1, 0.15) is 6.04 Å². The van der Waals surface area contributed by atoms with Crippen LogP contribution in [0.4, 0.5) is 0 Å². The highest BCUT2D eigenvalue weighted by atomic mass is 16.2. The first-order valence-corrected chi connectivity index (χ1v) is 7.49. The molecule has 5 heteroatoms. The summed E-state index contributed by atoms with van der Waals surface area (Å²) < 4.78 is 0. The Hall–Kier alpha value is -1.10. The number of nitrogens with zero attached hydrogens (tertiary/aromatic N) is 1. The lowest BCUT2D eigenvalue weighted by Gasteiger charge is -2.36. The Morgan fingerprint density at radius 3 is 2.68 bits per heavy atom. The van der Waals surface area contributed by atoms with Crippen molar-refractivity contribution in [3.8, 4) is 0 Å². The number of piperidine rings is 1. The van der Waals surface area contributed by atoms with E-state index in [0.29, 0.717) is 0 Å². The fourth-order valence-corrected chi connectivity index (χ4v) is 3.07. The molecule has 0 bridgehead atoms. The third-order valence-corrected chi connectivity index (χ3v) is 4.19. The van der Waals surface area contributed by atoms with Gasteiger partial charge in [0.25, 0.3) is 0 Å². The van der Waals surface area contributed by atoms with Gasteiger partial charge in [0, 0.05) is 13.6 Å². The zero-order chi connectivity index (χ0) is 13.7. The zero-order valence-electron chi connectivity index (χ0n) is 11.8. The molecule has 0 aromatic rings. The van der Waals surface area contributed by atoms with E-state index in [4.69, 9.17) is 0 Å². The fourth-order valence-electron chi connectivity index (χ4n) is 3.07. The third-order valence-electron chi connectivity index (χ3n) is 4.19. The minimum Gasteiger partial charge on any atom is -0.357 e. The minimum atomic E-state index is -0.267. The predicted octanol–water partition coefficient (Wildman–Crippen LogP) is 0.646. The number of likely N-dealkylation sites (N-methyl/N-ethyl adjacent to an activating group) is 1. The maximum Gasteiger partial charge on any atom is 0.242 e. The summed E-state index contributed by atoms with van der Waals surface area (Å²) >= 11 is 0. The number of nitrogens with one attached hydrogen (secondary N) is 2. The summed E-state index contributed by atoms with van der Waals surface area (Å²) in [7, 11) is 1.64. The van der Waals surface area contributed by atoms with Crippen molar-refractivity contribution in [2.45, 2.75) is 57.0 Å². The number of amides is 2. The van der Waals surface area contributed by atoms with Crippen molar-refractivity contribution in [3.63, 3.8) is 0 Å². The number of rotatable bonds is 2. The molecular formula is C14H25N3O2. The van der Waals surface area contributed by atoms with Gasteiger partial charge >= 0.3 is 0 Å². The molecule has 5 nitrogen and oxygen atoms in total. The molecule has 108 valence electrons. The molecule has 2 N–H and O–H groups in total. The van der Waals surface area contributed by atoms with Crippen LogP contribution < -0.4 is 10.6 Å². The first-order chi connectivity index (χ1) is 9.24. The number of hydrogen-bond donors (Lipinski definition) is 2. The number of carbonyl (C=O) groups is 2. The molecule has 19 heavy (non-hydrogen) atoms. The minimum absolute atomic E-state index is 0.0262.